The molecule has 4 nitrogen and oxygen atoms in total. The molecule has 0 aromatic heterocycles. The molecule has 1 aliphatic carbocycles. The van der Waals surface area contributed by atoms with Gasteiger partial charge < -0.3 is 10.1 Å². The lowest BCUT2D eigenvalue weighted by Gasteiger charge is -2.39. The molecule has 0 amide bonds. The number of hydrogen-bond acceptors (Lipinski definition) is 4. The van der Waals surface area contributed by atoms with Crippen LogP contribution in [0, 0.1) is 11.8 Å². The molecular formula is C27H28ClNO3. The fraction of sp³-hybridized carbons (Fsp3) is 0.333. The molecule has 0 saturated heterocycles. The molecule has 3 atom stereocenters. The molecule has 1 heterocycles. The van der Waals surface area contributed by atoms with Gasteiger partial charge in [0.15, 0.2) is 0 Å². The van der Waals surface area contributed by atoms with Crippen molar-refractivity contribution in [2.45, 2.75) is 39.0 Å². The van der Waals surface area contributed by atoms with E-state index in [2.05, 4.69) is 11.4 Å². The van der Waals surface area contributed by atoms with Gasteiger partial charge in [0.2, 0.25) is 0 Å². The van der Waals surface area contributed by atoms with Crippen molar-refractivity contribution >= 4 is 23.4 Å². The molecule has 0 saturated carbocycles. The maximum absolute atomic E-state index is 13.5. The Morgan fingerprint density at radius 2 is 1.81 bits per heavy atom. The number of nitrogens with one attached hydrogen (secondary N) is 1. The zero-order chi connectivity index (χ0) is 22.8. The van der Waals surface area contributed by atoms with E-state index in [1.807, 2.05) is 69.3 Å². The summed E-state index contributed by atoms with van der Waals surface area (Å²) in [5, 5.41) is 3.94. The van der Waals surface area contributed by atoms with Gasteiger partial charge in [-0.3, -0.25) is 4.79 Å². The number of rotatable bonds is 5. The summed E-state index contributed by atoms with van der Waals surface area (Å²) in [6.07, 6.45) is 2.53. The standard InChI is InChI=1S/C27H28ClNO3/c1-16(2)15-32-27(31)24-17(3)29-22-13-20(18-8-5-4-6-9-18)14-23(30)26(22)25(24)19-10-7-11-21(28)12-19/h4-13,16,20,25-26,29H,14-15H2,1-3H3. The van der Waals surface area contributed by atoms with Crippen LogP contribution in [0.4, 0.5) is 0 Å². The monoisotopic (exact) mass is 449 g/mol. The fourth-order valence-corrected chi connectivity index (χ4v) is 4.84. The van der Waals surface area contributed by atoms with Crippen molar-refractivity contribution < 1.29 is 14.3 Å². The van der Waals surface area contributed by atoms with Crippen molar-refractivity contribution in [3.63, 3.8) is 0 Å². The molecule has 166 valence electrons. The van der Waals surface area contributed by atoms with Gasteiger partial charge in [-0.25, -0.2) is 4.79 Å². The molecule has 5 heteroatoms. The quantitative estimate of drug-likeness (QED) is 0.590. The van der Waals surface area contributed by atoms with E-state index in [0.717, 1.165) is 16.8 Å². The molecule has 2 aromatic carbocycles. The van der Waals surface area contributed by atoms with Crippen LogP contribution >= 0.6 is 11.6 Å². The van der Waals surface area contributed by atoms with E-state index < -0.39 is 11.8 Å². The van der Waals surface area contributed by atoms with Crippen LogP contribution in [0.3, 0.4) is 0 Å². The van der Waals surface area contributed by atoms with E-state index in [-0.39, 0.29) is 23.6 Å². The van der Waals surface area contributed by atoms with Crippen LogP contribution < -0.4 is 5.32 Å². The number of fused-ring (bicyclic) bond motifs is 1. The lowest BCUT2D eigenvalue weighted by atomic mass is 9.68. The van der Waals surface area contributed by atoms with E-state index in [4.69, 9.17) is 16.3 Å². The first-order valence-corrected chi connectivity index (χ1v) is 11.4. The number of ketones is 1. The molecule has 32 heavy (non-hydrogen) atoms. The highest BCUT2D eigenvalue weighted by atomic mass is 35.5. The maximum Gasteiger partial charge on any atom is 0.336 e. The van der Waals surface area contributed by atoms with E-state index in [9.17, 15) is 9.59 Å². The van der Waals surface area contributed by atoms with Crippen LogP contribution in [-0.4, -0.2) is 18.4 Å². The summed E-state index contributed by atoms with van der Waals surface area (Å²) in [6.45, 7) is 6.20. The highest BCUT2D eigenvalue weighted by Gasteiger charge is 2.45. The summed E-state index contributed by atoms with van der Waals surface area (Å²) < 4.78 is 5.60. The molecule has 0 fully saturated rings. The number of benzene rings is 2. The Morgan fingerprint density at radius 1 is 1.09 bits per heavy atom. The van der Waals surface area contributed by atoms with Gasteiger partial charge in [-0.2, -0.15) is 0 Å². The Morgan fingerprint density at radius 3 is 2.50 bits per heavy atom. The van der Waals surface area contributed by atoms with Crippen LogP contribution in [-0.2, 0) is 14.3 Å². The third kappa shape index (κ3) is 4.51. The Balaban J connectivity index is 1.80. The zero-order valence-corrected chi connectivity index (χ0v) is 19.4. The molecule has 1 N–H and O–H groups in total. The summed E-state index contributed by atoms with van der Waals surface area (Å²) in [4.78, 5) is 26.7. The Bertz CT molecular complexity index is 1090. The normalized spacial score (nSPS) is 22.8. The summed E-state index contributed by atoms with van der Waals surface area (Å²) in [7, 11) is 0. The lowest BCUT2D eigenvalue weighted by molar-refractivity contribution is -0.140. The lowest BCUT2D eigenvalue weighted by Crippen LogP contribution is -2.42. The second-order valence-corrected chi connectivity index (χ2v) is 9.41. The van der Waals surface area contributed by atoms with Crippen molar-refractivity contribution in [1.29, 1.82) is 0 Å². The number of esters is 1. The Hall–Kier alpha value is -2.85. The second-order valence-electron chi connectivity index (χ2n) is 8.98. The molecule has 1 aliphatic heterocycles. The van der Waals surface area contributed by atoms with E-state index in [1.54, 1.807) is 6.07 Å². The third-order valence-electron chi connectivity index (χ3n) is 6.07. The predicted molar refractivity (Wildman–Crippen MR) is 126 cm³/mol. The van der Waals surface area contributed by atoms with Crippen LogP contribution in [0.25, 0.3) is 0 Å². The van der Waals surface area contributed by atoms with Crippen molar-refractivity contribution in [1.82, 2.24) is 5.32 Å². The topological polar surface area (TPSA) is 55.4 Å². The van der Waals surface area contributed by atoms with Gasteiger partial charge in [0.1, 0.15) is 5.78 Å². The SMILES string of the molecule is CC1=C(C(=O)OCC(C)C)C(c2cccc(Cl)c2)C2C(=O)CC(c3ccccc3)C=C2N1. The van der Waals surface area contributed by atoms with Gasteiger partial charge >= 0.3 is 5.97 Å². The van der Waals surface area contributed by atoms with Crippen LogP contribution in [0.15, 0.2) is 77.6 Å². The third-order valence-corrected chi connectivity index (χ3v) is 6.30. The van der Waals surface area contributed by atoms with Gasteiger partial charge in [0, 0.05) is 34.7 Å². The Labute approximate surface area is 194 Å². The first kappa shape index (κ1) is 22.3. The summed E-state index contributed by atoms with van der Waals surface area (Å²) >= 11 is 6.30. The van der Waals surface area contributed by atoms with Crippen molar-refractivity contribution in [3.05, 3.63) is 93.8 Å². The first-order chi connectivity index (χ1) is 15.3. The van der Waals surface area contributed by atoms with Gasteiger partial charge in [-0.1, -0.05) is 74.0 Å². The molecule has 0 bridgehead atoms. The largest absolute Gasteiger partial charge is 0.462 e. The molecule has 3 unspecified atom stereocenters. The molecule has 2 aliphatic rings. The summed E-state index contributed by atoms with van der Waals surface area (Å²) in [5.74, 6) is -0.964. The summed E-state index contributed by atoms with van der Waals surface area (Å²) in [6, 6.07) is 17.5. The molecule has 4 rings (SSSR count). The van der Waals surface area contributed by atoms with Crippen LogP contribution in [0.1, 0.15) is 50.2 Å². The fourth-order valence-electron chi connectivity index (χ4n) is 4.64. The zero-order valence-electron chi connectivity index (χ0n) is 18.6. The number of ether oxygens (including phenoxy) is 1. The van der Waals surface area contributed by atoms with E-state index in [0.29, 0.717) is 29.3 Å². The number of allylic oxidation sites excluding steroid dienone is 3. The number of Topliss-reactive ketones (excluding diaryl/α,β-unsaturated/α-hetero) is 1. The highest BCUT2D eigenvalue weighted by Crippen LogP contribution is 2.46. The minimum Gasteiger partial charge on any atom is -0.462 e. The van der Waals surface area contributed by atoms with E-state index >= 15 is 0 Å². The van der Waals surface area contributed by atoms with E-state index in [1.165, 1.54) is 0 Å². The van der Waals surface area contributed by atoms with Gasteiger partial charge in [0.25, 0.3) is 0 Å². The van der Waals surface area contributed by atoms with Crippen LogP contribution in [0.5, 0.6) is 0 Å². The molecule has 0 radical (unpaired) electrons. The maximum atomic E-state index is 13.5. The van der Waals surface area contributed by atoms with Crippen LogP contribution in [0.2, 0.25) is 5.02 Å². The van der Waals surface area contributed by atoms with Crippen molar-refractivity contribution in [2.24, 2.45) is 11.8 Å². The number of carbonyl (C=O) groups excluding carboxylic acids is 2. The minimum absolute atomic E-state index is 0.00436. The second kappa shape index (κ2) is 9.33. The smallest absolute Gasteiger partial charge is 0.336 e. The minimum atomic E-state index is -0.473. The average molecular weight is 450 g/mol. The number of halogens is 1. The van der Waals surface area contributed by atoms with Gasteiger partial charge in [-0.05, 0) is 36.1 Å². The predicted octanol–water partition coefficient (Wildman–Crippen LogP) is 5.76. The van der Waals surface area contributed by atoms with Crippen molar-refractivity contribution in [2.75, 3.05) is 6.61 Å². The van der Waals surface area contributed by atoms with Crippen molar-refractivity contribution in [3.8, 4) is 0 Å². The van der Waals surface area contributed by atoms with Gasteiger partial charge in [0.05, 0.1) is 18.1 Å². The summed E-state index contributed by atoms with van der Waals surface area (Å²) in [5.41, 5.74) is 4.02. The molecule has 0 spiro atoms. The average Bonchev–Trinajstić information content (AvgIpc) is 2.77. The first-order valence-electron chi connectivity index (χ1n) is 11.0. The number of hydrogen-bond donors (Lipinski definition) is 1. The molecule has 2 aromatic rings. The molecular weight excluding hydrogens is 422 g/mol. The highest BCUT2D eigenvalue weighted by molar-refractivity contribution is 6.30. The van der Waals surface area contributed by atoms with Gasteiger partial charge in [-0.15, -0.1) is 0 Å². The number of carbonyl (C=O) groups is 2. The Kier molecular flexibility index (Phi) is 6.52.